The molecule has 20 heavy (non-hydrogen) atoms. The predicted molar refractivity (Wildman–Crippen MR) is 67.3 cm³/mol. The van der Waals surface area contributed by atoms with E-state index < -0.39 is 42.3 Å². The molecule has 1 aliphatic heterocycles. The maximum atomic E-state index is 12.2. The first kappa shape index (κ1) is 15.7. The van der Waals surface area contributed by atoms with Crippen molar-refractivity contribution >= 4 is 23.8 Å². The molecule has 1 fully saturated rings. The molecule has 9 heteroatoms. The van der Waals surface area contributed by atoms with E-state index in [0.717, 1.165) is 4.90 Å². The molecule has 1 saturated heterocycles. The van der Waals surface area contributed by atoms with Crippen LogP contribution in [0, 0.1) is 5.41 Å². The fourth-order valence-corrected chi connectivity index (χ4v) is 2.07. The Morgan fingerprint density at radius 3 is 2.25 bits per heavy atom. The molecule has 1 heterocycles. The third-order valence-electron chi connectivity index (χ3n) is 3.28. The number of nitrogens with two attached hydrogens (primary N) is 2. The van der Waals surface area contributed by atoms with E-state index >= 15 is 0 Å². The van der Waals surface area contributed by atoms with Crippen LogP contribution in [0.15, 0.2) is 0 Å². The van der Waals surface area contributed by atoms with Gasteiger partial charge in [0.25, 0.3) is 0 Å². The summed E-state index contributed by atoms with van der Waals surface area (Å²) >= 11 is 0. The molecule has 0 aromatic carbocycles. The van der Waals surface area contributed by atoms with Crippen molar-refractivity contribution in [2.24, 2.45) is 16.9 Å². The highest BCUT2D eigenvalue weighted by atomic mass is 16.4. The molecular formula is C11H18N4O5. The van der Waals surface area contributed by atoms with Gasteiger partial charge in [-0.3, -0.25) is 14.4 Å². The number of carbonyl (C=O) groups is 4. The number of carboxylic acid groups (broad SMARTS) is 1. The topological polar surface area (TPSA) is 147 Å². The zero-order valence-electron chi connectivity index (χ0n) is 11.2. The average Bonchev–Trinajstić information content (AvgIpc) is 2.70. The van der Waals surface area contributed by atoms with Crippen molar-refractivity contribution in [3.05, 3.63) is 0 Å². The lowest BCUT2D eigenvalue weighted by molar-refractivity contribution is -0.138. The summed E-state index contributed by atoms with van der Waals surface area (Å²) in [5, 5.41) is 8.74. The van der Waals surface area contributed by atoms with Gasteiger partial charge in [-0.15, -0.1) is 0 Å². The number of likely N-dealkylation sites (tertiary alicyclic amines) is 1. The van der Waals surface area contributed by atoms with E-state index in [-0.39, 0.29) is 13.1 Å². The minimum Gasteiger partial charge on any atom is -0.480 e. The van der Waals surface area contributed by atoms with Crippen molar-refractivity contribution in [2.75, 3.05) is 26.2 Å². The third kappa shape index (κ3) is 3.59. The first-order chi connectivity index (χ1) is 9.15. The number of aliphatic carboxylic acids is 1. The molecule has 4 amide bonds. The zero-order valence-corrected chi connectivity index (χ0v) is 11.2. The first-order valence-electron chi connectivity index (χ1n) is 5.99. The van der Waals surface area contributed by atoms with Crippen LogP contribution >= 0.6 is 0 Å². The van der Waals surface area contributed by atoms with E-state index in [2.05, 4.69) is 0 Å². The van der Waals surface area contributed by atoms with Crippen molar-refractivity contribution in [3.8, 4) is 0 Å². The van der Waals surface area contributed by atoms with Gasteiger partial charge in [0.1, 0.15) is 13.1 Å². The minimum atomic E-state index is -1.25. The van der Waals surface area contributed by atoms with E-state index in [1.165, 1.54) is 4.90 Å². The number of primary amides is 2. The minimum absolute atomic E-state index is 0.0933. The average molecular weight is 286 g/mol. The quantitative estimate of drug-likeness (QED) is 0.544. The summed E-state index contributed by atoms with van der Waals surface area (Å²) in [6.07, 6.45) is 0.394. The van der Waals surface area contributed by atoms with Crippen LogP contribution in [0.5, 0.6) is 0 Å². The molecule has 0 saturated carbocycles. The summed E-state index contributed by atoms with van der Waals surface area (Å²) in [5.74, 6) is -2.58. The van der Waals surface area contributed by atoms with E-state index in [1.54, 1.807) is 6.92 Å². The smallest absolute Gasteiger partial charge is 0.323 e. The molecule has 0 radical (unpaired) electrons. The maximum absolute atomic E-state index is 12.2. The lowest BCUT2D eigenvalue weighted by atomic mass is 9.89. The third-order valence-corrected chi connectivity index (χ3v) is 3.28. The number of carbonyl (C=O) groups excluding carboxylic acids is 3. The number of hydrogen-bond donors (Lipinski definition) is 3. The Hall–Kier alpha value is -2.32. The van der Waals surface area contributed by atoms with Crippen LogP contribution in [0.4, 0.5) is 4.79 Å². The Labute approximate surface area is 115 Å². The molecule has 1 atom stereocenters. The van der Waals surface area contributed by atoms with Crippen LogP contribution in [0.3, 0.4) is 0 Å². The molecule has 0 bridgehead atoms. The summed E-state index contributed by atoms with van der Waals surface area (Å²) in [5.41, 5.74) is 9.43. The summed E-state index contributed by atoms with van der Waals surface area (Å²) < 4.78 is 0. The van der Waals surface area contributed by atoms with Gasteiger partial charge >= 0.3 is 12.0 Å². The number of nitrogens with zero attached hydrogens (tertiary/aromatic N) is 2. The molecule has 5 N–H and O–H groups in total. The van der Waals surface area contributed by atoms with E-state index in [0.29, 0.717) is 6.42 Å². The second-order valence-corrected chi connectivity index (χ2v) is 5.10. The largest absolute Gasteiger partial charge is 0.480 e. The van der Waals surface area contributed by atoms with Gasteiger partial charge in [0, 0.05) is 13.1 Å². The molecule has 112 valence electrons. The highest BCUT2D eigenvalue weighted by Crippen LogP contribution is 2.29. The Balaban J connectivity index is 2.78. The Bertz CT molecular complexity index is 436. The van der Waals surface area contributed by atoms with Crippen molar-refractivity contribution in [2.45, 2.75) is 13.3 Å². The molecule has 1 unspecified atom stereocenters. The van der Waals surface area contributed by atoms with Gasteiger partial charge in [0.05, 0.1) is 5.41 Å². The predicted octanol–water partition coefficient (Wildman–Crippen LogP) is -1.82. The SMILES string of the molecule is CC1(C(N)=O)CCN(C(=O)N(CC(N)=O)CC(=O)O)C1. The second-order valence-electron chi connectivity index (χ2n) is 5.10. The van der Waals surface area contributed by atoms with Gasteiger partial charge in [-0.1, -0.05) is 0 Å². The van der Waals surface area contributed by atoms with Gasteiger partial charge in [-0.05, 0) is 13.3 Å². The second kappa shape index (κ2) is 5.76. The molecular weight excluding hydrogens is 268 g/mol. The number of amides is 4. The molecule has 1 rings (SSSR count). The summed E-state index contributed by atoms with van der Waals surface area (Å²) in [6, 6.07) is -0.642. The number of carboxylic acids is 1. The van der Waals surface area contributed by atoms with E-state index in [4.69, 9.17) is 16.6 Å². The number of hydrogen-bond acceptors (Lipinski definition) is 4. The first-order valence-corrected chi connectivity index (χ1v) is 5.99. The number of rotatable bonds is 5. The Kier molecular flexibility index (Phi) is 4.53. The maximum Gasteiger partial charge on any atom is 0.323 e. The fourth-order valence-electron chi connectivity index (χ4n) is 2.07. The van der Waals surface area contributed by atoms with Crippen molar-refractivity contribution in [1.29, 1.82) is 0 Å². The molecule has 1 aliphatic rings. The molecule has 0 aromatic heterocycles. The standard InChI is InChI=1S/C11H18N4O5/c1-11(9(13)19)2-3-14(6-11)10(20)15(4-7(12)16)5-8(17)18/h2-6H2,1H3,(H2,12,16)(H2,13,19)(H,17,18). The summed E-state index contributed by atoms with van der Waals surface area (Å²) in [4.78, 5) is 47.2. The van der Waals surface area contributed by atoms with Crippen LogP contribution < -0.4 is 11.5 Å². The lowest BCUT2D eigenvalue weighted by Crippen LogP contribution is -2.49. The normalized spacial score (nSPS) is 21.6. The fraction of sp³-hybridized carbons (Fsp3) is 0.636. The highest BCUT2D eigenvalue weighted by molar-refractivity contribution is 5.87. The summed E-state index contributed by atoms with van der Waals surface area (Å²) in [6.45, 7) is 0.877. The van der Waals surface area contributed by atoms with Crippen LogP contribution in [-0.2, 0) is 14.4 Å². The van der Waals surface area contributed by atoms with Crippen LogP contribution in [0.2, 0.25) is 0 Å². The van der Waals surface area contributed by atoms with Gasteiger partial charge in [-0.25, -0.2) is 4.79 Å². The Morgan fingerprint density at radius 1 is 1.25 bits per heavy atom. The molecule has 9 nitrogen and oxygen atoms in total. The molecule has 0 aromatic rings. The Morgan fingerprint density at radius 2 is 1.85 bits per heavy atom. The molecule has 0 spiro atoms. The van der Waals surface area contributed by atoms with Gasteiger partial charge in [0.15, 0.2) is 0 Å². The van der Waals surface area contributed by atoms with Crippen LogP contribution in [-0.4, -0.2) is 64.9 Å². The zero-order chi connectivity index (χ0) is 15.5. The van der Waals surface area contributed by atoms with Crippen LogP contribution in [0.25, 0.3) is 0 Å². The van der Waals surface area contributed by atoms with Crippen molar-refractivity contribution < 1.29 is 24.3 Å². The monoisotopic (exact) mass is 286 g/mol. The van der Waals surface area contributed by atoms with E-state index in [9.17, 15) is 19.2 Å². The number of urea groups is 1. The van der Waals surface area contributed by atoms with Crippen LogP contribution in [0.1, 0.15) is 13.3 Å². The lowest BCUT2D eigenvalue weighted by Gasteiger charge is -2.27. The van der Waals surface area contributed by atoms with Crippen molar-refractivity contribution in [1.82, 2.24) is 9.80 Å². The molecule has 0 aliphatic carbocycles. The summed E-state index contributed by atoms with van der Waals surface area (Å²) in [7, 11) is 0. The van der Waals surface area contributed by atoms with Gasteiger partial charge < -0.3 is 26.4 Å². The van der Waals surface area contributed by atoms with E-state index in [1.807, 2.05) is 0 Å². The van der Waals surface area contributed by atoms with Gasteiger partial charge in [0.2, 0.25) is 11.8 Å². The van der Waals surface area contributed by atoms with Gasteiger partial charge in [-0.2, -0.15) is 0 Å². The highest BCUT2D eigenvalue weighted by Gasteiger charge is 2.42. The van der Waals surface area contributed by atoms with Crippen molar-refractivity contribution in [3.63, 3.8) is 0 Å².